The maximum absolute atomic E-state index is 13.6. The molecule has 0 radical (unpaired) electrons. The topological polar surface area (TPSA) is 86.8 Å². The van der Waals surface area contributed by atoms with Crippen molar-refractivity contribution in [1.82, 2.24) is 10.2 Å². The van der Waals surface area contributed by atoms with Gasteiger partial charge in [0.05, 0.1) is 10.6 Å². The highest BCUT2D eigenvalue weighted by Crippen LogP contribution is 2.26. The molecule has 0 aliphatic heterocycles. The van der Waals surface area contributed by atoms with Crippen LogP contribution in [0.4, 0.5) is 5.69 Å². The molecule has 7 nitrogen and oxygen atoms in total. The first-order valence-corrected chi connectivity index (χ1v) is 13.3. The van der Waals surface area contributed by atoms with Gasteiger partial charge in [-0.25, -0.2) is 8.42 Å². The van der Waals surface area contributed by atoms with Crippen molar-refractivity contribution in [3.05, 3.63) is 93.9 Å². The fourth-order valence-corrected chi connectivity index (χ4v) is 5.26. The number of halogens is 2. The minimum atomic E-state index is -4.09. The quantitative estimate of drug-likeness (QED) is 0.406. The molecule has 0 bridgehead atoms. The van der Waals surface area contributed by atoms with E-state index in [1.807, 2.05) is 24.3 Å². The maximum atomic E-state index is 13.6. The zero-order valence-corrected chi connectivity index (χ0v) is 22.3. The molecule has 0 saturated heterocycles. The van der Waals surface area contributed by atoms with Crippen molar-refractivity contribution < 1.29 is 18.0 Å². The van der Waals surface area contributed by atoms with Gasteiger partial charge in [-0.15, -0.1) is 0 Å². The first kappa shape index (κ1) is 26.7. The number of sulfonamides is 1. The Labute approximate surface area is 218 Å². The van der Waals surface area contributed by atoms with Crippen LogP contribution < -0.4 is 9.62 Å². The Bertz CT molecular complexity index is 1270. The van der Waals surface area contributed by atoms with Gasteiger partial charge in [0.2, 0.25) is 11.8 Å². The lowest BCUT2D eigenvalue weighted by Gasteiger charge is -2.31. The molecule has 3 aromatic rings. The first-order chi connectivity index (χ1) is 16.6. The number of carbonyl (C=O) groups excluding carboxylic acids is 2. The lowest BCUT2D eigenvalue weighted by molar-refractivity contribution is -0.139. The maximum Gasteiger partial charge on any atom is 0.264 e. The number of carbonyl (C=O) groups is 2. The van der Waals surface area contributed by atoms with Crippen LogP contribution >= 0.6 is 27.5 Å². The highest BCUT2D eigenvalue weighted by Gasteiger charge is 2.32. The summed E-state index contributed by atoms with van der Waals surface area (Å²) in [4.78, 5) is 27.5. The van der Waals surface area contributed by atoms with Crippen LogP contribution in [0.3, 0.4) is 0 Å². The van der Waals surface area contributed by atoms with Gasteiger partial charge in [0, 0.05) is 23.1 Å². The third kappa shape index (κ3) is 6.62. The van der Waals surface area contributed by atoms with Crippen molar-refractivity contribution in [2.75, 3.05) is 17.9 Å². The van der Waals surface area contributed by atoms with Gasteiger partial charge in [0.1, 0.15) is 12.6 Å². The fourth-order valence-electron chi connectivity index (χ4n) is 3.43. The average Bonchev–Trinajstić information content (AvgIpc) is 2.87. The Morgan fingerprint density at radius 3 is 2.14 bits per heavy atom. The van der Waals surface area contributed by atoms with Gasteiger partial charge in [-0.1, -0.05) is 57.9 Å². The van der Waals surface area contributed by atoms with Crippen molar-refractivity contribution in [2.45, 2.75) is 24.4 Å². The Morgan fingerprint density at radius 2 is 1.57 bits per heavy atom. The number of anilines is 1. The molecular weight excluding hydrogens is 554 g/mol. The molecule has 0 unspecified atom stereocenters. The summed E-state index contributed by atoms with van der Waals surface area (Å²) in [5.41, 5.74) is 1.07. The highest BCUT2D eigenvalue weighted by atomic mass is 79.9. The second-order valence-electron chi connectivity index (χ2n) is 7.74. The molecule has 0 aliphatic carbocycles. The van der Waals surface area contributed by atoms with E-state index in [9.17, 15) is 18.0 Å². The number of hydrogen-bond donors (Lipinski definition) is 1. The molecule has 1 N–H and O–H groups in total. The normalized spacial score (nSPS) is 12.0. The van der Waals surface area contributed by atoms with Gasteiger partial charge in [-0.2, -0.15) is 0 Å². The number of amides is 2. The van der Waals surface area contributed by atoms with Gasteiger partial charge in [-0.05, 0) is 61.0 Å². The van der Waals surface area contributed by atoms with E-state index in [4.69, 9.17) is 11.6 Å². The molecular formula is C25H25BrClN3O4S. The molecule has 0 saturated carbocycles. The van der Waals surface area contributed by atoms with Crippen LogP contribution in [-0.2, 0) is 26.2 Å². The number of nitrogens with zero attached hydrogens (tertiary/aromatic N) is 2. The van der Waals surface area contributed by atoms with Gasteiger partial charge in [0.15, 0.2) is 0 Å². The second-order valence-corrected chi connectivity index (χ2v) is 11.0. The third-order valence-electron chi connectivity index (χ3n) is 5.40. The molecule has 0 spiro atoms. The summed E-state index contributed by atoms with van der Waals surface area (Å²) >= 11 is 9.39. The molecule has 0 aliphatic rings. The van der Waals surface area contributed by atoms with E-state index >= 15 is 0 Å². The first-order valence-electron chi connectivity index (χ1n) is 10.7. The van der Waals surface area contributed by atoms with E-state index in [1.165, 1.54) is 36.2 Å². The third-order valence-corrected chi connectivity index (χ3v) is 7.97. The zero-order chi connectivity index (χ0) is 25.6. The minimum Gasteiger partial charge on any atom is -0.357 e. The molecule has 35 heavy (non-hydrogen) atoms. The van der Waals surface area contributed by atoms with E-state index in [2.05, 4.69) is 21.2 Å². The van der Waals surface area contributed by atoms with Crippen molar-refractivity contribution in [1.29, 1.82) is 0 Å². The van der Waals surface area contributed by atoms with Crippen LogP contribution in [0.5, 0.6) is 0 Å². The number of hydrogen-bond acceptors (Lipinski definition) is 4. The predicted octanol–water partition coefficient (Wildman–Crippen LogP) is 4.46. The summed E-state index contributed by atoms with van der Waals surface area (Å²) in [5.74, 6) is -0.891. The number of nitrogens with one attached hydrogen (secondary N) is 1. The summed E-state index contributed by atoms with van der Waals surface area (Å²) < 4.78 is 29.0. The average molecular weight is 579 g/mol. The summed E-state index contributed by atoms with van der Waals surface area (Å²) in [6.45, 7) is 1.23. The standard InChI is InChI=1S/C25H25BrClN3O4S/c1-18(25(32)28-2)29(16-19-8-10-20(26)11-9-19)24(31)17-30(22-14-12-21(27)13-15-22)35(33,34)23-6-4-3-5-7-23/h3-15,18H,16-17H2,1-2H3,(H,28,32)/t18-/m1/s1. The van der Waals surface area contributed by atoms with Crippen molar-refractivity contribution in [3.8, 4) is 0 Å². The fraction of sp³-hybridized carbons (Fsp3) is 0.200. The highest BCUT2D eigenvalue weighted by molar-refractivity contribution is 9.10. The number of benzene rings is 3. The SMILES string of the molecule is CNC(=O)[C@@H](C)N(Cc1ccc(Br)cc1)C(=O)CN(c1ccc(Cl)cc1)S(=O)(=O)c1ccccc1. The molecule has 2 amide bonds. The molecule has 10 heteroatoms. The van der Waals surface area contributed by atoms with Crippen LogP contribution in [0.15, 0.2) is 88.2 Å². The number of rotatable bonds is 9. The van der Waals surface area contributed by atoms with E-state index < -0.39 is 28.5 Å². The molecule has 0 aromatic heterocycles. The lowest BCUT2D eigenvalue weighted by atomic mass is 10.1. The van der Waals surface area contributed by atoms with E-state index in [1.54, 1.807) is 37.3 Å². The predicted molar refractivity (Wildman–Crippen MR) is 141 cm³/mol. The van der Waals surface area contributed by atoms with E-state index in [0.717, 1.165) is 14.3 Å². The Kier molecular flexibility index (Phi) is 8.93. The van der Waals surface area contributed by atoms with E-state index in [-0.39, 0.29) is 23.0 Å². The largest absolute Gasteiger partial charge is 0.357 e. The van der Waals surface area contributed by atoms with Gasteiger partial charge in [0.25, 0.3) is 10.0 Å². The van der Waals surface area contributed by atoms with Gasteiger partial charge >= 0.3 is 0 Å². The van der Waals surface area contributed by atoms with Gasteiger partial charge < -0.3 is 10.2 Å². The van der Waals surface area contributed by atoms with Crippen LogP contribution in [0, 0.1) is 0 Å². The molecule has 0 fully saturated rings. The van der Waals surface area contributed by atoms with Crippen molar-refractivity contribution >= 4 is 55.1 Å². The smallest absolute Gasteiger partial charge is 0.264 e. The van der Waals surface area contributed by atoms with Crippen molar-refractivity contribution in [3.63, 3.8) is 0 Å². The summed E-state index contributed by atoms with van der Waals surface area (Å²) in [7, 11) is -2.60. The molecule has 1 atom stereocenters. The molecule has 184 valence electrons. The van der Waals surface area contributed by atoms with Crippen LogP contribution in [0.1, 0.15) is 12.5 Å². The molecule has 3 rings (SSSR count). The second kappa shape index (κ2) is 11.7. The Morgan fingerprint density at radius 1 is 0.971 bits per heavy atom. The Balaban J connectivity index is 2.00. The molecule has 0 heterocycles. The van der Waals surface area contributed by atoms with Gasteiger partial charge in [-0.3, -0.25) is 13.9 Å². The van der Waals surface area contributed by atoms with Crippen LogP contribution in [0.2, 0.25) is 5.02 Å². The number of likely N-dealkylation sites (N-methyl/N-ethyl adjacent to an activating group) is 1. The van der Waals surface area contributed by atoms with Crippen molar-refractivity contribution in [2.24, 2.45) is 0 Å². The van der Waals surface area contributed by atoms with E-state index in [0.29, 0.717) is 5.02 Å². The zero-order valence-electron chi connectivity index (χ0n) is 19.2. The minimum absolute atomic E-state index is 0.0431. The van der Waals surface area contributed by atoms with Crippen LogP contribution in [0.25, 0.3) is 0 Å². The molecule has 3 aromatic carbocycles. The lowest BCUT2D eigenvalue weighted by Crippen LogP contribution is -2.50. The summed E-state index contributed by atoms with van der Waals surface area (Å²) in [5, 5.41) is 2.99. The monoisotopic (exact) mass is 577 g/mol. The summed E-state index contributed by atoms with van der Waals surface area (Å²) in [6, 6.07) is 20.6. The van der Waals surface area contributed by atoms with Crippen LogP contribution in [-0.4, -0.2) is 44.8 Å². The summed E-state index contributed by atoms with van der Waals surface area (Å²) in [6.07, 6.45) is 0. The Hall–Kier alpha value is -2.88.